The summed E-state index contributed by atoms with van der Waals surface area (Å²) in [4.78, 5) is 25.8. The maximum absolute atomic E-state index is 13.1. The van der Waals surface area contributed by atoms with Crippen LogP contribution in [0.5, 0.6) is 0 Å². The highest BCUT2D eigenvalue weighted by Gasteiger charge is 2.31. The molecule has 0 saturated carbocycles. The summed E-state index contributed by atoms with van der Waals surface area (Å²) in [7, 11) is 0. The van der Waals surface area contributed by atoms with E-state index in [1.807, 2.05) is 0 Å². The molecule has 1 aliphatic heterocycles. The molecule has 1 aromatic carbocycles. The summed E-state index contributed by atoms with van der Waals surface area (Å²) >= 11 is 5.74. The molecule has 0 spiro atoms. The molecule has 1 saturated heterocycles. The molecular weight excluding hydrogens is 369 g/mol. The molecule has 0 aliphatic carbocycles. The maximum atomic E-state index is 13.1. The number of halogens is 4. The van der Waals surface area contributed by atoms with Crippen molar-refractivity contribution in [3.05, 3.63) is 74.7 Å². The summed E-state index contributed by atoms with van der Waals surface area (Å²) in [6.07, 6.45) is -1.97. The molecule has 26 heavy (non-hydrogen) atoms. The van der Waals surface area contributed by atoms with E-state index in [0.717, 1.165) is 12.1 Å². The number of aromatic amines is 1. The van der Waals surface area contributed by atoms with Crippen LogP contribution in [0.2, 0.25) is 5.02 Å². The van der Waals surface area contributed by atoms with Crippen molar-refractivity contribution in [3.8, 4) is 0 Å². The van der Waals surface area contributed by atoms with Gasteiger partial charge in [0.2, 0.25) is 5.91 Å². The van der Waals surface area contributed by atoms with Crippen LogP contribution in [0.15, 0.2) is 47.3 Å². The lowest BCUT2D eigenvalue weighted by Crippen LogP contribution is -2.23. The second-order valence-electron chi connectivity index (χ2n) is 5.92. The minimum atomic E-state index is -4.49. The first kappa shape index (κ1) is 18.3. The number of hydrogen-bond donors (Lipinski definition) is 2. The van der Waals surface area contributed by atoms with Crippen LogP contribution < -0.4 is 10.9 Å². The maximum Gasteiger partial charge on any atom is 0.416 e. The Morgan fingerprint density at radius 3 is 2.58 bits per heavy atom. The van der Waals surface area contributed by atoms with Crippen molar-refractivity contribution in [1.29, 1.82) is 0 Å². The van der Waals surface area contributed by atoms with Crippen LogP contribution in [0.3, 0.4) is 0 Å². The van der Waals surface area contributed by atoms with E-state index in [9.17, 15) is 22.8 Å². The number of alkyl halides is 3. The number of hydrogen-bond acceptors (Lipinski definition) is 2. The number of carbonyl (C=O) groups is 1. The molecule has 2 aromatic rings. The first-order valence-electron chi connectivity index (χ1n) is 7.82. The SMILES string of the molecule is O=C1CC[C@H](/C=C(\c2cccc(C(F)(F)F)c2)c2ccc(Cl)c(=O)[nH]2)N1. The molecule has 1 amide bonds. The molecule has 0 unspecified atom stereocenters. The first-order chi connectivity index (χ1) is 12.2. The Hall–Kier alpha value is -2.54. The van der Waals surface area contributed by atoms with Gasteiger partial charge >= 0.3 is 6.18 Å². The van der Waals surface area contributed by atoms with Gasteiger partial charge in [-0.1, -0.05) is 29.8 Å². The predicted molar refractivity (Wildman–Crippen MR) is 91.8 cm³/mol. The fraction of sp³-hybridized carbons (Fsp3) is 0.222. The van der Waals surface area contributed by atoms with Crippen molar-refractivity contribution < 1.29 is 18.0 Å². The molecular formula is C18H14ClF3N2O2. The molecule has 3 rings (SSSR count). The smallest absolute Gasteiger partial charge is 0.350 e. The largest absolute Gasteiger partial charge is 0.416 e. The van der Waals surface area contributed by atoms with Crippen molar-refractivity contribution in [2.75, 3.05) is 0 Å². The van der Waals surface area contributed by atoms with Crippen molar-refractivity contribution >= 4 is 23.1 Å². The first-order valence-corrected chi connectivity index (χ1v) is 8.20. The standard InChI is InChI=1S/C18H14ClF3N2O2/c19-14-5-6-15(24-17(14)26)13(9-12-4-7-16(25)23-12)10-2-1-3-11(8-10)18(20,21)22/h1-3,5-6,8-9,12H,4,7H2,(H,23,25)(H,24,26)/b13-9+/t12-/m1/s1. The highest BCUT2D eigenvalue weighted by molar-refractivity contribution is 6.30. The monoisotopic (exact) mass is 382 g/mol. The third-order valence-electron chi connectivity index (χ3n) is 4.05. The van der Waals surface area contributed by atoms with Gasteiger partial charge in [0.25, 0.3) is 5.56 Å². The molecule has 1 fully saturated rings. The minimum Gasteiger partial charge on any atom is -0.350 e. The number of pyridine rings is 1. The molecule has 1 atom stereocenters. The fourth-order valence-corrected chi connectivity index (χ4v) is 2.89. The Labute approximate surface area is 151 Å². The van der Waals surface area contributed by atoms with Gasteiger partial charge in [-0.3, -0.25) is 9.59 Å². The number of rotatable bonds is 3. The summed E-state index contributed by atoms with van der Waals surface area (Å²) in [5.41, 5.74) is -0.360. The van der Waals surface area contributed by atoms with Crippen LogP contribution in [0.1, 0.15) is 29.7 Å². The second kappa shape index (κ2) is 6.99. The zero-order chi connectivity index (χ0) is 18.9. The Morgan fingerprint density at radius 1 is 1.19 bits per heavy atom. The fourth-order valence-electron chi connectivity index (χ4n) is 2.78. The van der Waals surface area contributed by atoms with Crippen molar-refractivity contribution in [2.45, 2.75) is 25.1 Å². The van der Waals surface area contributed by atoms with E-state index < -0.39 is 17.3 Å². The van der Waals surface area contributed by atoms with Gasteiger partial charge in [0, 0.05) is 23.7 Å². The van der Waals surface area contributed by atoms with Crippen LogP contribution in [-0.2, 0) is 11.0 Å². The predicted octanol–water partition coefficient (Wildman–Crippen LogP) is 3.76. The number of H-pyrrole nitrogens is 1. The average molecular weight is 383 g/mol. The van der Waals surface area contributed by atoms with Gasteiger partial charge in [-0.2, -0.15) is 13.2 Å². The van der Waals surface area contributed by atoms with Gasteiger partial charge in [-0.15, -0.1) is 0 Å². The Balaban J connectivity index is 2.11. The van der Waals surface area contributed by atoms with Gasteiger partial charge in [-0.05, 0) is 36.2 Å². The average Bonchev–Trinajstić information content (AvgIpc) is 3.00. The van der Waals surface area contributed by atoms with Crippen molar-refractivity contribution in [2.24, 2.45) is 0 Å². The zero-order valence-corrected chi connectivity index (χ0v) is 14.1. The van der Waals surface area contributed by atoms with Crippen LogP contribution in [0.4, 0.5) is 13.2 Å². The van der Waals surface area contributed by atoms with Gasteiger partial charge in [0.15, 0.2) is 0 Å². The molecule has 0 bridgehead atoms. The summed E-state index contributed by atoms with van der Waals surface area (Å²) in [5.74, 6) is -0.126. The normalized spacial score (nSPS) is 18.1. The summed E-state index contributed by atoms with van der Waals surface area (Å²) in [6, 6.07) is 7.37. The summed E-state index contributed by atoms with van der Waals surface area (Å²) < 4.78 is 39.2. The molecule has 4 nitrogen and oxygen atoms in total. The van der Waals surface area contributed by atoms with Crippen LogP contribution in [0.25, 0.3) is 5.57 Å². The van der Waals surface area contributed by atoms with E-state index in [1.54, 1.807) is 6.08 Å². The van der Waals surface area contributed by atoms with Crippen molar-refractivity contribution in [3.63, 3.8) is 0 Å². The van der Waals surface area contributed by atoms with E-state index in [2.05, 4.69) is 10.3 Å². The lowest BCUT2D eigenvalue weighted by molar-refractivity contribution is -0.137. The highest BCUT2D eigenvalue weighted by atomic mass is 35.5. The third kappa shape index (κ3) is 3.99. The van der Waals surface area contributed by atoms with Gasteiger partial charge in [-0.25, -0.2) is 0 Å². The Kier molecular flexibility index (Phi) is 4.91. The van der Waals surface area contributed by atoms with Crippen molar-refractivity contribution in [1.82, 2.24) is 10.3 Å². The summed E-state index contributed by atoms with van der Waals surface area (Å²) in [6.45, 7) is 0. The van der Waals surface area contributed by atoms with Crippen LogP contribution in [0, 0.1) is 0 Å². The van der Waals surface area contributed by atoms with Gasteiger partial charge in [0.1, 0.15) is 5.02 Å². The third-order valence-corrected chi connectivity index (χ3v) is 4.35. The topological polar surface area (TPSA) is 62.0 Å². The highest BCUT2D eigenvalue weighted by Crippen LogP contribution is 2.32. The molecule has 1 aromatic heterocycles. The van der Waals surface area contributed by atoms with Gasteiger partial charge in [0.05, 0.1) is 5.56 Å². The minimum absolute atomic E-state index is 0.0219. The van der Waals surface area contributed by atoms with E-state index in [0.29, 0.717) is 24.1 Å². The number of benzene rings is 1. The number of aromatic nitrogens is 1. The molecule has 2 N–H and O–H groups in total. The molecule has 136 valence electrons. The van der Waals surface area contributed by atoms with E-state index in [4.69, 9.17) is 11.6 Å². The van der Waals surface area contributed by atoms with Gasteiger partial charge < -0.3 is 10.3 Å². The lowest BCUT2D eigenvalue weighted by atomic mass is 9.97. The molecule has 1 aliphatic rings. The second-order valence-corrected chi connectivity index (χ2v) is 6.33. The summed E-state index contributed by atoms with van der Waals surface area (Å²) in [5, 5.41) is 2.72. The number of nitrogens with one attached hydrogen (secondary N) is 2. The Morgan fingerprint density at radius 2 is 1.96 bits per heavy atom. The molecule has 8 heteroatoms. The zero-order valence-electron chi connectivity index (χ0n) is 13.4. The molecule has 0 radical (unpaired) electrons. The van der Waals surface area contributed by atoms with Crippen LogP contribution in [-0.4, -0.2) is 16.9 Å². The Bertz CT molecular complexity index is 935. The lowest BCUT2D eigenvalue weighted by Gasteiger charge is -2.14. The number of amides is 1. The van der Waals surface area contributed by atoms with E-state index in [-0.39, 0.29) is 22.5 Å². The quantitative estimate of drug-likeness (QED) is 0.849. The number of carbonyl (C=O) groups excluding carboxylic acids is 1. The molecule has 2 heterocycles. The van der Waals surface area contributed by atoms with Crippen LogP contribution >= 0.6 is 11.6 Å². The van der Waals surface area contributed by atoms with E-state index >= 15 is 0 Å². The van der Waals surface area contributed by atoms with E-state index in [1.165, 1.54) is 24.3 Å².